The van der Waals surface area contributed by atoms with Crippen LogP contribution in [0.25, 0.3) is 16.8 Å². The van der Waals surface area contributed by atoms with E-state index >= 15 is 0 Å². The molecule has 0 amide bonds. The number of ether oxygens (including phenoxy) is 1. The summed E-state index contributed by atoms with van der Waals surface area (Å²) in [6.45, 7) is 1.99. The highest BCUT2D eigenvalue weighted by Gasteiger charge is 2.20. The number of aromatic nitrogens is 3. The number of hydrogen-bond acceptors (Lipinski definition) is 5. The van der Waals surface area contributed by atoms with Crippen LogP contribution in [0.1, 0.15) is 17.3 Å². The second-order valence-electron chi connectivity index (χ2n) is 4.54. The van der Waals surface area contributed by atoms with Gasteiger partial charge in [-0.2, -0.15) is 9.61 Å². The molecule has 6 nitrogen and oxygen atoms in total. The number of benzene rings is 1. The third kappa shape index (κ3) is 2.27. The Labute approximate surface area is 131 Å². The molecule has 22 heavy (non-hydrogen) atoms. The highest BCUT2D eigenvalue weighted by Crippen LogP contribution is 2.33. The minimum Gasteiger partial charge on any atom is -0.462 e. The van der Waals surface area contributed by atoms with Crippen molar-refractivity contribution in [2.24, 2.45) is 0 Å². The Morgan fingerprint density at radius 2 is 2.09 bits per heavy atom. The first kappa shape index (κ1) is 14.3. The van der Waals surface area contributed by atoms with Crippen molar-refractivity contribution in [2.75, 3.05) is 12.3 Å². The summed E-state index contributed by atoms with van der Waals surface area (Å²) in [7, 11) is 0. The molecule has 0 radical (unpaired) electrons. The van der Waals surface area contributed by atoms with E-state index < -0.39 is 5.97 Å². The number of rotatable bonds is 3. The molecule has 0 atom stereocenters. The lowest BCUT2D eigenvalue weighted by atomic mass is 10.1. The Balaban J connectivity index is 2.22. The lowest BCUT2D eigenvalue weighted by Crippen LogP contribution is -2.07. The molecule has 0 bridgehead atoms. The zero-order valence-corrected chi connectivity index (χ0v) is 12.5. The number of nitrogen functional groups attached to an aromatic ring is 1. The van der Waals surface area contributed by atoms with Crippen LogP contribution in [0.3, 0.4) is 0 Å². The molecule has 1 aromatic carbocycles. The second-order valence-corrected chi connectivity index (χ2v) is 4.90. The van der Waals surface area contributed by atoms with E-state index in [1.54, 1.807) is 6.92 Å². The van der Waals surface area contributed by atoms with E-state index in [2.05, 4.69) is 10.1 Å². The summed E-state index contributed by atoms with van der Waals surface area (Å²) in [5.41, 5.74) is 8.08. The van der Waals surface area contributed by atoms with Crippen LogP contribution in [0.15, 0.2) is 36.5 Å². The summed E-state index contributed by atoms with van der Waals surface area (Å²) in [6.07, 6.45) is 1.38. The zero-order chi connectivity index (χ0) is 15.7. The second kappa shape index (κ2) is 5.65. The number of fused-ring (bicyclic) bond motifs is 1. The first-order chi connectivity index (χ1) is 10.6. The van der Waals surface area contributed by atoms with Crippen LogP contribution in [-0.4, -0.2) is 27.2 Å². The Morgan fingerprint density at radius 3 is 2.77 bits per heavy atom. The minimum absolute atomic E-state index is 0.210. The van der Waals surface area contributed by atoms with Crippen molar-refractivity contribution in [3.8, 4) is 11.1 Å². The van der Waals surface area contributed by atoms with E-state index in [1.807, 2.05) is 30.3 Å². The average molecular weight is 317 g/mol. The molecule has 0 saturated heterocycles. The fraction of sp³-hybridized carbons (Fsp3) is 0.133. The molecule has 0 aliphatic heterocycles. The monoisotopic (exact) mass is 316 g/mol. The maximum Gasteiger partial charge on any atom is 0.343 e. The SMILES string of the molecule is CCOC(=O)c1cnn2c(N)c(-c3ccccc3)c(Cl)nc12. The standard InChI is InChI=1S/C15H13ClN4O2/c1-2-22-15(21)10-8-18-20-13(17)11(12(16)19-14(10)20)9-6-4-3-5-7-9/h3-8H,2,17H2,1H3. The summed E-state index contributed by atoms with van der Waals surface area (Å²) < 4.78 is 6.36. The molecule has 7 heteroatoms. The molecule has 0 spiro atoms. The molecule has 3 rings (SSSR count). The van der Waals surface area contributed by atoms with Gasteiger partial charge in [0.25, 0.3) is 0 Å². The van der Waals surface area contributed by atoms with Crippen LogP contribution in [0.5, 0.6) is 0 Å². The van der Waals surface area contributed by atoms with Gasteiger partial charge < -0.3 is 10.5 Å². The fourth-order valence-corrected chi connectivity index (χ4v) is 2.50. The van der Waals surface area contributed by atoms with Gasteiger partial charge in [-0.1, -0.05) is 41.9 Å². The summed E-state index contributed by atoms with van der Waals surface area (Å²) in [5.74, 6) is -0.190. The molecule has 0 fully saturated rings. The molecule has 0 saturated carbocycles. The van der Waals surface area contributed by atoms with Crippen molar-refractivity contribution in [3.05, 3.63) is 47.2 Å². The third-order valence-electron chi connectivity index (χ3n) is 3.20. The zero-order valence-electron chi connectivity index (χ0n) is 11.8. The van der Waals surface area contributed by atoms with Gasteiger partial charge in [0.05, 0.1) is 18.4 Å². The quantitative estimate of drug-likeness (QED) is 0.593. The summed E-state index contributed by atoms with van der Waals surface area (Å²) in [5, 5.41) is 4.33. The first-order valence-corrected chi connectivity index (χ1v) is 7.06. The van der Waals surface area contributed by atoms with Gasteiger partial charge in [-0.15, -0.1) is 0 Å². The van der Waals surface area contributed by atoms with Crippen molar-refractivity contribution < 1.29 is 9.53 Å². The van der Waals surface area contributed by atoms with Gasteiger partial charge in [0.2, 0.25) is 0 Å². The maximum absolute atomic E-state index is 11.9. The molecule has 0 aliphatic rings. The van der Waals surface area contributed by atoms with E-state index in [-0.39, 0.29) is 23.0 Å². The predicted octanol–water partition coefficient (Wildman–Crippen LogP) is 2.81. The molecule has 2 aromatic heterocycles. The summed E-state index contributed by atoms with van der Waals surface area (Å²) in [6, 6.07) is 9.40. The lowest BCUT2D eigenvalue weighted by Gasteiger charge is -2.09. The van der Waals surface area contributed by atoms with Crippen molar-refractivity contribution in [3.63, 3.8) is 0 Å². The minimum atomic E-state index is -0.507. The van der Waals surface area contributed by atoms with Crippen LogP contribution >= 0.6 is 11.6 Å². The number of hydrogen-bond donors (Lipinski definition) is 1. The normalized spacial score (nSPS) is 10.8. The van der Waals surface area contributed by atoms with E-state index in [9.17, 15) is 4.79 Å². The van der Waals surface area contributed by atoms with Crippen LogP contribution in [0.2, 0.25) is 5.15 Å². The lowest BCUT2D eigenvalue weighted by molar-refractivity contribution is 0.0528. The van der Waals surface area contributed by atoms with Gasteiger partial charge in [0.15, 0.2) is 5.65 Å². The van der Waals surface area contributed by atoms with Crippen molar-refractivity contribution in [1.82, 2.24) is 14.6 Å². The highest BCUT2D eigenvalue weighted by molar-refractivity contribution is 6.33. The number of halogens is 1. The van der Waals surface area contributed by atoms with Gasteiger partial charge in [-0.3, -0.25) is 0 Å². The average Bonchev–Trinajstić information content (AvgIpc) is 2.92. The van der Waals surface area contributed by atoms with Crippen molar-refractivity contribution in [2.45, 2.75) is 6.92 Å². The van der Waals surface area contributed by atoms with Crippen LogP contribution < -0.4 is 5.73 Å². The molecule has 0 unspecified atom stereocenters. The molecule has 2 heterocycles. The Morgan fingerprint density at radius 1 is 1.36 bits per heavy atom. The van der Waals surface area contributed by atoms with Gasteiger partial charge in [-0.25, -0.2) is 9.78 Å². The number of carbonyl (C=O) groups excluding carboxylic acids is 1. The van der Waals surface area contributed by atoms with Crippen LogP contribution in [0.4, 0.5) is 5.82 Å². The molecule has 0 aliphatic carbocycles. The van der Waals surface area contributed by atoms with Crippen molar-refractivity contribution in [1.29, 1.82) is 0 Å². The van der Waals surface area contributed by atoms with E-state index in [0.29, 0.717) is 11.4 Å². The molecule has 2 N–H and O–H groups in total. The van der Waals surface area contributed by atoms with Gasteiger partial charge >= 0.3 is 5.97 Å². The molecular formula is C15H13ClN4O2. The fourth-order valence-electron chi connectivity index (χ4n) is 2.21. The van der Waals surface area contributed by atoms with Crippen molar-refractivity contribution >= 4 is 29.0 Å². The number of anilines is 1. The third-order valence-corrected chi connectivity index (χ3v) is 3.47. The number of carbonyl (C=O) groups is 1. The Bertz CT molecular complexity index is 846. The highest BCUT2D eigenvalue weighted by atomic mass is 35.5. The first-order valence-electron chi connectivity index (χ1n) is 6.68. The molecule has 112 valence electrons. The van der Waals surface area contributed by atoms with E-state index in [1.165, 1.54) is 10.7 Å². The Kier molecular flexibility index (Phi) is 3.68. The summed E-state index contributed by atoms with van der Waals surface area (Å²) in [4.78, 5) is 16.2. The van der Waals surface area contributed by atoms with Gasteiger partial charge in [0, 0.05) is 0 Å². The van der Waals surface area contributed by atoms with Gasteiger partial charge in [-0.05, 0) is 12.5 Å². The smallest absolute Gasteiger partial charge is 0.343 e. The largest absolute Gasteiger partial charge is 0.462 e. The number of nitrogens with two attached hydrogens (primary N) is 1. The topological polar surface area (TPSA) is 82.5 Å². The van der Waals surface area contributed by atoms with E-state index in [4.69, 9.17) is 22.1 Å². The maximum atomic E-state index is 11.9. The van der Waals surface area contributed by atoms with E-state index in [0.717, 1.165) is 5.56 Å². The van der Waals surface area contributed by atoms with Gasteiger partial charge in [0.1, 0.15) is 16.5 Å². The number of esters is 1. The number of nitrogens with zero attached hydrogens (tertiary/aromatic N) is 3. The molecule has 3 aromatic rings. The Hall–Kier alpha value is -2.60. The van der Waals surface area contributed by atoms with Crippen LogP contribution in [0, 0.1) is 0 Å². The molecular weight excluding hydrogens is 304 g/mol. The summed E-state index contributed by atoms with van der Waals surface area (Å²) >= 11 is 6.27. The van der Waals surface area contributed by atoms with Crippen LogP contribution in [-0.2, 0) is 4.74 Å². The predicted molar refractivity (Wildman–Crippen MR) is 83.8 cm³/mol.